The van der Waals surface area contributed by atoms with E-state index in [1.807, 2.05) is 9.13 Å². The van der Waals surface area contributed by atoms with Crippen molar-refractivity contribution in [3.63, 3.8) is 0 Å². The Kier molecular flexibility index (Phi) is 13.2. The first-order valence-electron chi connectivity index (χ1n) is 23.9. The van der Waals surface area contributed by atoms with Crippen LogP contribution in [0.25, 0.3) is 22.3 Å². The Balaban J connectivity index is 0.953. The molecule has 3 aliphatic carbocycles. The number of carbonyl (C=O) groups is 2. The molecule has 3 saturated carbocycles. The molecule has 9 rings (SSSR count). The number of likely N-dealkylation sites (N-methyl/N-ethyl adjacent to an activating group) is 2. The largest absolute Gasteiger partial charge is 0.388 e. The number of fused-ring (bicyclic) bond motifs is 2. The molecule has 2 amide bonds. The van der Waals surface area contributed by atoms with E-state index in [0.717, 1.165) is 64.7 Å². The predicted molar refractivity (Wildman–Crippen MR) is 248 cm³/mol. The fourth-order valence-corrected chi connectivity index (χ4v) is 10.7. The second-order valence-electron chi connectivity index (χ2n) is 19.6. The van der Waals surface area contributed by atoms with Crippen molar-refractivity contribution in [2.45, 2.75) is 151 Å². The van der Waals surface area contributed by atoms with Crippen molar-refractivity contribution < 1.29 is 30.0 Å². The fraction of sp³-hybridized carbons (Fsp3) is 0.727. The summed E-state index contributed by atoms with van der Waals surface area (Å²) in [5.74, 6) is 2.02. The zero-order valence-electron chi connectivity index (χ0n) is 39.0. The molecule has 0 radical (unpaired) electrons. The number of amides is 2. The van der Waals surface area contributed by atoms with Gasteiger partial charge in [-0.05, 0) is 79.6 Å². The average Bonchev–Trinajstić information content (AvgIpc) is 4.18. The Morgan fingerprint density at radius 3 is 1.35 bits per heavy atom. The summed E-state index contributed by atoms with van der Waals surface area (Å²) in [5.41, 5.74) is 2.27. The molecule has 360 valence electrons. The number of nitrogens with zero attached hydrogens (tertiary/aromatic N) is 12. The Bertz CT molecular complexity index is 2210. The molecule has 4 aromatic heterocycles. The topological polar surface area (TPSA) is 263 Å². The average molecular weight is 917 g/mol. The number of nitrogens with one attached hydrogen (secondary N) is 4. The smallest absolute Gasteiger partial charge is 0.229 e. The first kappa shape index (κ1) is 46.1. The summed E-state index contributed by atoms with van der Waals surface area (Å²) in [5, 5.41) is 57.7. The zero-order chi connectivity index (χ0) is 46.6. The van der Waals surface area contributed by atoms with Crippen LogP contribution in [0.1, 0.15) is 90.1 Å². The van der Waals surface area contributed by atoms with Crippen LogP contribution in [-0.4, -0.2) is 196 Å². The van der Waals surface area contributed by atoms with Crippen LogP contribution in [0.2, 0.25) is 0 Å². The lowest BCUT2D eigenvalue weighted by molar-refractivity contribution is -0.123. The summed E-state index contributed by atoms with van der Waals surface area (Å²) in [7, 11) is 8.33. The van der Waals surface area contributed by atoms with Crippen LogP contribution < -0.4 is 31.1 Å². The highest BCUT2D eigenvalue weighted by molar-refractivity contribution is 5.86. The molecule has 0 unspecified atom stereocenters. The van der Waals surface area contributed by atoms with E-state index in [1.165, 1.54) is 0 Å². The number of rotatable bonds is 14. The third kappa shape index (κ3) is 8.94. The van der Waals surface area contributed by atoms with E-state index in [-0.39, 0.29) is 36.7 Å². The molecular formula is C44H68N16O6. The maximum Gasteiger partial charge on any atom is 0.229 e. The third-order valence-corrected chi connectivity index (χ3v) is 14.9. The Hall–Kier alpha value is -5.00. The monoisotopic (exact) mass is 917 g/mol. The van der Waals surface area contributed by atoms with Gasteiger partial charge in [0.2, 0.25) is 23.7 Å². The minimum Gasteiger partial charge on any atom is -0.388 e. The van der Waals surface area contributed by atoms with Crippen LogP contribution in [0, 0.1) is 0 Å². The van der Waals surface area contributed by atoms with Crippen molar-refractivity contribution in [1.82, 2.24) is 59.5 Å². The SMILES string of the molecule is CCC(=O)N[C@H]1C[C@@H](n2cnc3c(NC4CCC(Nc5nc(N6CC[C@@H](N(C)C)C6)nc6c5ncn6[C@@H]5C[C@H](NC(=O)CC)[C@@H](O)[C@H]5O)CC4)nc(N4CC[C@@H](N(C)C)C4)nc32)[C@H](O)[C@@H]1O. The number of hydrogen-bond donors (Lipinski definition) is 8. The van der Waals surface area contributed by atoms with Gasteiger partial charge in [0.05, 0.1) is 36.8 Å². The molecule has 22 heteroatoms. The highest BCUT2D eigenvalue weighted by atomic mass is 16.3. The molecule has 10 atom stereocenters. The lowest BCUT2D eigenvalue weighted by Crippen LogP contribution is -2.42. The number of imidazole rings is 2. The summed E-state index contributed by atoms with van der Waals surface area (Å²) < 4.78 is 3.66. The molecule has 2 saturated heterocycles. The summed E-state index contributed by atoms with van der Waals surface area (Å²) in [6.45, 7) is 6.63. The summed E-state index contributed by atoms with van der Waals surface area (Å²) in [4.78, 5) is 63.3. The number of carbonyl (C=O) groups excluding carboxylic acids is 2. The van der Waals surface area contributed by atoms with Gasteiger partial charge in [-0.2, -0.15) is 19.9 Å². The van der Waals surface area contributed by atoms with E-state index in [9.17, 15) is 30.0 Å². The van der Waals surface area contributed by atoms with E-state index in [1.54, 1.807) is 26.5 Å². The fourth-order valence-electron chi connectivity index (χ4n) is 10.7. The van der Waals surface area contributed by atoms with E-state index in [2.05, 4.69) is 69.1 Å². The van der Waals surface area contributed by atoms with Crippen molar-refractivity contribution in [1.29, 1.82) is 0 Å². The summed E-state index contributed by atoms with van der Waals surface area (Å²) in [6.07, 6.45) is 5.21. The number of hydrogen-bond acceptors (Lipinski definition) is 18. The number of aromatic nitrogens is 8. The molecular weight excluding hydrogens is 849 g/mol. The van der Waals surface area contributed by atoms with E-state index >= 15 is 0 Å². The van der Waals surface area contributed by atoms with Crippen molar-refractivity contribution >= 4 is 57.7 Å². The number of anilines is 4. The molecule has 0 spiro atoms. The molecule has 22 nitrogen and oxygen atoms in total. The maximum atomic E-state index is 12.3. The molecule has 6 heterocycles. The Labute approximate surface area is 384 Å². The predicted octanol–water partition coefficient (Wildman–Crippen LogP) is 0.205. The maximum absolute atomic E-state index is 12.3. The minimum absolute atomic E-state index is 0.0731. The minimum atomic E-state index is -1.13. The van der Waals surface area contributed by atoms with Crippen LogP contribution in [0.4, 0.5) is 23.5 Å². The molecule has 66 heavy (non-hydrogen) atoms. The molecule has 2 aliphatic heterocycles. The van der Waals surface area contributed by atoms with Gasteiger partial charge in [0.1, 0.15) is 24.4 Å². The van der Waals surface area contributed by atoms with E-state index < -0.39 is 48.6 Å². The highest BCUT2D eigenvalue weighted by Crippen LogP contribution is 2.38. The standard InChI is InChI=1S/C44H68N16O6/c1-7-31(61)49-27-17-29(37(65)35(27)63)59-21-45-33-39(51-43(53-41(33)59)57-15-13-25(19-57)55(3)4)47-23-9-11-24(12-10-23)48-40-34-42(54-44(52-40)58-16-14-26(20-58)56(5)6)60(22-46-34)30-18-28(36(64)38(30)66)50-32(62)8-2/h21-30,35-38,63-66H,7-20H2,1-6H3,(H,49,61)(H,50,62)(H,47,51,53)(H,48,52,54)/t23?,24?,25-,26-,27+,28+,29-,30-,35-,36-,37+,38+/m1/s1. The van der Waals surface area contributed by atoms with Crippen LogP contribution in [0.15, 0.2) is 12.7 Å². The van der Waals surface area contributed by atoms with Gasteiger partial charge in [0, 0.05) is 63.2 Å². The van der Waals surface area contributed by atoms with E-state index in [4.69, 9.17) is 29.9 Å². The second-order valence-corrected chi connectivity index (χ2v) is 19.6. The van der Waals surface area contributed by atoms with Crippen molar-refractivity contribution in [3.8, 4) is 0 Å². The molecule has 4 aromatic rings. The van der Waals surface area contributed by atoms with Crippen LogP contribution in [0.5, 0.6) is 0 Å². The highest BCUT2D eigenvalue weighted by Gasteiger charge is 2.45. The van der Waals surface area contributed by atoms with Gasteiger partial charge >= 0.3 is 0 Å². The Morgan fingerprint density at radius 1 is 0.606 bits per heavy atom. The normalized spacial score (nSPS) is 31.5. The first-order valence-corrected chi connectivity index (χ1v) is 23.9. The first-order chi connectivity index (χ1) is 31.7. The molecule has 0 bridgehead atoms. The van der Waals surface area contributed by atoms with Gasteiger partial charge < -0.3 is 70.4 Å². The Morgan fingerprint density at radius 2 is 1.00 bits per heavy atom. The van der Waals surface area contributed by atoms with Gasteiger partial charge in [-0.15, -0.1) is 0 Å². The van der Waals surface area contributed by atoms with Gasteiger partial charge in [0.15, 0.2) is 34.0 Å². The van der Waals surface area contributed by atoms with Crippen LogP contribution in [0.3, 0.4) is 0 Å². The van der Waals surface area contributed by atoms with Crippen LogP contribution >= 0.6 is 0 Å². The summed E-state index contributed by atoms with van der Waals surface area (Å²) in [6, 6.07) is -1.47. The van der Waals surface area contributed by atoms with Gasteiger partial charge in [-0.25, -0.2) is 9.97 Å². The van der Waals surface area contributed by atoms with Gasteiger partial charge in [-0.3, -0.25) is 9.59 Å². The molecule has 8 N–H and O–H groups in total. The quantitative estimate of drug-likeness (QED) is 0.0841. The second kappa shape index (κ2) is 18.9. The van der Waals surface area contributed by atoms with Crippen molar-refractivity contribution in [2.24, 2.45) is 0 Å². The molecule has 5 fully saturated rings. The summed E-state index contributed by atoms with van der Waals surface area (Å²) >= 11 is 0. The number of aliphatic hydroxyl groups excluding tert-OH is 4. The van der Waals surface area contributed by atoms with Gasteiger partial charge in [0.25, 0.3) is 0 Å². The molecule has 5 aliphatic rings. The lowest BCUT2D eigenvalue weighted by Gasteiger charge is -2.31. The van der Waals surface area contributed by atoms with E-state index in [0.29, 0.717) is 70.8 Å². The van der Waals surface area contributed by atoms with Crippen LogP contribution in [-0.2, 0) is 9.59 Å². The van der Waals surface area contributed by atoms with Crippen molar-refractivity contribution in [2.75, 3.05) is 74.8 Å². The molecule has 0 aromatic carbocycles. The van der Waals surface area contributed by atoms with Crippen molar-refractivity contribution in [3.05, 3.63) is 12.7 Å². The zero-order valence-corrected chi connectivity index (χ0v) is 39.0. The third-order valence-electron chi connectivity index (χ3n) is 14.9. The van der Waals surface area contributed by atoms with Gasteiger partial charge in [-0.1, -0.05) is 13.8 Å². The lowest BCUT2D eigenvalue weighted by atomic mass is 9.91. The number of aliphatic hydroxyl groups is 4.